The van der Waals surface area contributed by atoms with Crippen LogP contribution in [0.25, 0.3) is 0 Å². The molecule has 0 aliphatic rings. The van der Waals surface area contributed by atoms with Gasteiger partial charge in [-0.3, -0.25) is 15.0 Å². The lowest BCUT2D eigenvalue weighted by Gasteiger charge is -2.04. The molecule has 4 nitrogen and oxygen atoms in total. The van der Waals surface area contributed by atoms with Crippen molar-refractivity contribution in [1.29, 1.82) is 0 Å². The van der Waals surface area contributed by atoms with Crippen molar-refractivity contribution in [3.8, 4) is 0 Å². The second-order valence-corrected chi connectivity index (χ2v) is 5.24. The molecule has 0 aliphatic heterocycles. The summed E-state index contributed by atoms with van der Waals surface area (Å²) in [5.41, 5.74) is 3.13. The van der Waals surface area contributed by atoms with Gasteiger partial charge >= 0.3 is 0 Å². The van der Waals surface area contributed by atoms with Gasteiger partial charge in [-0.15, -0.1) is 0 Å². The van der Waals surface area contributed by atoms with E-state index in [-0.39, 0.29) is 11.7 Å². The van der Waals surface area contributed by atoms with Gasteiger partial charge in [-0.2, -0.15) is 0 Å². The van der Waals surface area contributed by atoms with E-state index in [1.807, 2.05) is 6.08 Å². The Morgan fingerprint density at radius 2 is 1.45 bits per heavy atom. The van der Waals surface area contributed by atoms with E-state index in [0.717, 1.165) is 37.7 Å². The number of rotatable bonds is 12. The summed E-state index contributed by atoms with van der Waals surface area (Å²) in [6, 6.07) is 0. The molecule has 0 heterocycles. The largest absolute Gasteiger partial charge is 0.295 e. The number of Topliss-reactive ketones (excluding diaryl/α,β-unsaturated/α-hetero) is 1. The minimum Gasteiger partial charge on any atom is -0.295 e. The fourth-order valence-electron chi connectivity index (χ4n) is 2.23. The van der Waals surface area contributed by atoms with Gasteiger partial charge in [-0.25, -0.2) is 5.84 Å². The average Bonchev–Trinajstić information content (AvgIpc) is 2.43. The van der Waals surface area contributed by atoms with E-state index in [4.69, 9.17) is 5.84 Å². The van der Waals surface area contributed by atoms with Crippen LogP contribution in [-0.4, -0.2) is 11.7 Å². The molecule has 3 N–H and O–H groups in total. The zero-order valence-electron chi connectivity index (χ0n) is 13.0. The molecule has 1 amide bonds. The topological polar surface area (TPSA) is 72.2 Å². The lowest BCUT2D eigenvalue weighted by molar-refractivity contribution is -0.121. The summed E-state index contributed by atoms with van der Waals surface area (Å²) in [5, 5.41) is 0. The molecule has 0 radical (unpaired) electrons. The van der Waals surface area contributed by atoms with Crippen molar-refractivity contribution in [2.75, 3.05) is 0 Å². The number of hydrogen-bond acceptors (Lipinski definition) is 3. The van der Waals surface area contributed by atoms with Crippen LogP contribution in [0.2, 0.25) is 0 Å². The van der Waals surface area contributed by atoms with Crippen molar-refractivity contribution < 1.29 is 9.59 Å². The van der Waals surface area contributed by atoms with E-state index >= 15 is 0 Å². The molecule has 0 fully saturated rings. The second-order valence-electron chi connectivity index (χ2n) is 5.24. The number of allylic oxidation sites excluding steroid dienone is 2. The molecule has 0 atom stereocenters. The standard InChI is InChI=1S/C16H30N2O2/c1-3-11-15(14(2)19)12-9-7-5-4-6-8-10-13-16(20)18-17/h11H,3-10,12-13,17H2,1-2H3,(H,18,20). The maximum absolute atomic E-state index is 11.3. The van der Waals surface area contributed by atoms with E-state index in [9.17, 15) is 9.59 Å². The van der Waals surface area contributed by atoms with E-state index in [2.05, 4.69) is 12.3 Å². The summed E-state index contributed by atoms with van der Waals surface area (Å²) in [6.45, 7) is 3.72. The number of unbranched alkanes of at least 4 members (excludes halogenated alkanes) is 6. The molecule has 0 aromatic rings. The molecule has 0 bridgehead atoms. The Bertz CT molecular complexity index is 312. The molecule has 0 spiro atoms. The quantitative estimate of drug-likeness (QED) is 0.189. The van der Waals surface area contributed by atoms with Gasteiger partial charge < -0.3 is 0 Å². The first-order valence-electron chi connectivity index (χ1n) is 7.81. The SMILES string of the molecule is CCC=C(CCCCCCCCCC(=O)NN)C(C)=O. The molecule has 0 aromatic heterocycles. The van der Waals surface area contributed by atoms with Crippen LogP contribution < -0.4 is 11.3 Å². The number of hydrazine groups is 1. The summed E-state index contributed by atoms with van der Waals surface area (Å²) in [7, 11) is 0. The van der Waals surface area contributed by atoms with Gasteiger partial charge in [0.2, 0.25) is 5.91 Å². The van der Waals surface area contributed by atoms with Gasteiger partial charge in [-0.1, -0.05) is 45.1 Å². The predicted molar refractivity (Wildman–Crippen MR) is 82.9 cm³/mol. The van der Waals surface area contributed by atoms with E-state index in [1.165, 1.54) is 25.7 Å². The fourth-order valence-corrected chi connectivity index (χ4v) is 2.23. The summed E-state index contributed by atoms with van der Waals surface area (Å²) >= 11 is 0. The van der Waals surface area contributed by atoms with Crippen LogP contribution in [0.3, 0.4) is 0 Å². The Hall–Kier alpha value is -1.16. The number of carbonyl (C=O) groups is 2. The smallest absolute Gasteiger partial charge is 0.233 e. The molecule has 0 unspecified atom stereocenters. The molecule has 0 saturated heterocycles. The Balaban J connectivity index is 3.42. The maximum atomic E-state index is 11.3. The van der Waals surface area contributed by atoms with Gasteiger partial charge in [0.1, 0.15) is 0 Å². The highest BCUT2D eigenvalue weighted by molar-refractivity contribution is 5.93. The molecule has 4 heteroatoms. The van der Waals surface area contributed by atoms with Crippen molar-refractivity contribution in [2.24, 2.45) is 5.84 Å². The first kappa shape index (κ1) is 18.8. The van der Waals surface area contributed by atoms with Crippen LogP contribution in [0.15, 0.2) is 11.6 Å². The van der Waals surface area contributed by atoms with Crippen molar-refractivity contribution in [1.82, 2.24) is 5.43 Å². The van der Waals surface area contributed by atoms with E-state index in [0.29, 0.717) is 6.42 Å². The summed E-state index contributed by atoms with van der Waals surface area (Å²) in [6.07, 6.45) is 12.3. The third-order valence-corrected chi connectivity index (χ3v) is 3.41. The van der Waals surface area contributed by atoms with Crippen molar-refractivity contribution in [2.45, 2.75) is 78.1 Å². The van der Waals surface area contributed by atoms with Crippen molar-refractivity contribution in [3.05, 3.63) is 11.6 Å². The Kier molecular flexibility index (Phi) is 12.1. The zero-order chi connectivity index (χ0) is 15.2. The normalized spacial score (nSPS) is 11.4. The van der Waals surface area contributed by atoms with Gasteiger partial charge in [-0.05, 0) is 38.2 Å². The number of ketones is 1. The second kappa shape index (κ2) is 12.9. The molecular weight excluding hydrogens is 252 g/mol. The number of nitrogens with one attached hydrogen (secondary N) is 1. The molecular formula is C16H30N2O2. The third-order valence-electron chi connectivity index (χ3n) is 3.41. The first-order valence-corrected chi connectivity index (χ1v) is 7.81. The van der Waals surface area contributed by atoms with Gasteiger partial charge in [0, 0.05) is 6.42 Å². The number of nitrogens with two attached hydrogens (primary N) is 1. The van der Waals surface area contributed by atoms with Crippen molar-refractivity contribution >= 4 is 11.7 Å². The monoisotopic (exact) mass is 282 g/mol. The highest BCUT2D eigenvalue weighted by atomic mass is 16.2. The maximum Gasteiger partial charge on any atom is 0.233 e. The lowest BCUT2D eigenvalue weighted by atomic mass is 10.0. The molecule has 0 aliphatic carbocycles. The molecule has 0 saturated carbocycles. The minimum absolute atomic E-state index is 0.0792. The summed E-state index contributed by atoms with van der Waals surface area (Å²) in [4.78, 5) is 22.2. The summed E-state index contributed by atoms with van der Waals surface area (Å²) < 4.78 is 0. The highest BCUT2D eigenvalue weighted by Gasteiger charge is 2.02. The minimum atomic E-state index is -0.0792. The molecule has 116 valence electrons. The Morgan fingerprint density at radius 1 is 0.950 bits per heavy atom. The van der Waals surface area contributed by atoms with Crippen molar-refractivity contribution in [3.63, 3.8) is 0 Å². The first-order chi connectivity index (χ1) is 9.61. The van der Waals surface area contributed by atoms with Gasteiger partial charge in [0.25, 0.3) is 0 Å². The Morgan fingerprint density at radius 3 is 1.90 bits per heavy atom. The highest BCUT2D eigenvalue weighted by Crippen LogP contribution is 2.14. The fraction of sp³-hybridized carbons (Fsp3) is 0.750. The van der Waals surface area contributed by atoms with Gasteiger partial charge in [0.15, 0.2) is 5.78 Å². The van der Waals surface area contributed by atoms with Crippen LogP contribution in [0.5, 0.6) is 0 Å². The zero-order valence-corrected chi connectivity index (χ0v) is 13.0. The number of amides is 1. The Labute approximate surface area is 123 Å². The van der Waals surface area contributed by atoms with Gasteiger partial charge in [0.05, 0.1) is 0 Å². The van der Waals surface area contributed by atoms with E-state index in [1.54, 1.807) is 6.92 Å². The third kappa shape index (κ3) is 10.7. The van der Waals surface area contributed by atoms with Crippen LogP contribution >= 0.6 is 0 Å². The number of hydrogen-bond donors (Lipinski definition) is 2. The number of carbonyl (C=O) groups excluding carboxylic acids is 2. The summed E-state index contributed by atoms with van der Waals surface area (Å²) in [5.74, 6) is 5.14. The van der Waals surface area contributed by atoms with Crippen LogP contribution in [0.4, 0.5) is 0 Å². The van der Waals surface area contributed by atoms with Crippen LogP contribution in [0, 0.1) is 0 Å². The average molecular weight is 282 g/mol. The van der Waals surface area contributed by atoms with E-state index < -0.39 is 0 Å². The predicted octanol–water partition coefficient (Wildman–Crippen LogP) is 3.41. The van der Waals surface area contributed by atoms with Crippen LogP contribution in [0.1, 0.15) is 78.1 Å². The lowest BCUT2D eigenvalue weighted by Crippen LogP contribution is -2.29. The van der Waals surface area contributed by atoms with Crippen LogP contribution in [-0.2, 0) is 9.59 Å². The molecule has 20 heavy (non-hydrogen) atoms. The molecule has 0 rings (SSSR count). The molecule has 0 aromatic carbocycles.